The molecule has 2 nitrogen and oxygen atoms in total. The molecule has 0 saturated heterocycles. The Hall–Kier alpha value is -3.04. The smallest absolute Gasteiger partial charge is 0.186 e. The van der Waals surface area contributed by atoms with Crippen LogP contribution in [0.15, 0.2) is 85.0 Å². The molecule has 0 aliphatic heterocycles. The standard InChI is InChI=1S/C24H14O2.BrH/c25-19-10-11-23(26)22(14-19)20-7-3-6-15-8-9-18-12-16-4-1-2-5-17(16)13-21(18)24(15)20;/h1-14H;1H. The van der Waals surface area contributed by atoms with Gasteiger partial charge in [-0.2, -0.15) is 0 Å². The molecular weight excluding hydrogens is 400 g/mol. The van der Waals surface area contributed by atoms with E-state index in [1.807, 2.05) is 30.3 Å². The molecule has 27 heavy (non-hydrogen) atoms. The molecule has 3 heteroatoms. The summed E-state index contributed by atoms with van der Waals surface area (Å²) in [7, 11) is 0. The maximum Gasteiger partial charge on any atom is 0.186 e. The van der Waals surface area contributed by atoms with E-state index in [0.717, 1.165) is 32.5 Å². The molecule has 1 aliphatic rings. The summed E-state index contributed by atoms with van der Waals surface area (Å²) in [6.07, 6.45) is 4.12. The normalized spacial score (nSPS) is 13.9. The lowest BCUT2D eigenvalue weighted by atomic mass is 9.89. The summed E-state index contributed by atoms with van der Waals surface area (Å²) < 4.78 is 0. The van der Waals surface area contributed by atoms with Crippen molar-refractivity contribution in [1.29, 1.82) is 0 Å². The topological polar surface area (TPSA) is 34.1 Å². The summed E-state index contributed by atoms with van der Waals surface area (Å²) in [5.74, 6) is -0.280. The molecular formula is C24H15BrO2. The maximum atomic E-state index is 12.4. The van der Waals surface area contributed by atoms with Crippen LogP contribution in [0.4, 0.5) is 0 Å². The van der Waals surface area contributed by atoms with Crippen molar-refractivity contribution in [2.24, 2.45) is 0 Å². The Bertz CT molecular complexity index is 1310. The highest BCUT2D eigenvalue weighted by Gasteiger charge is 2.18. The van der Waals surface area contributed by atoms with Crippen molar-refractivity contribution < 1.29 is 9.59 Å². The number of fused-ring (bicyclic) bond motifs is 4. The van der Waals surface area contributed by atoms with Crippen LogP contribution in [-0.4, -0.2) is 11.6 Å². The van der Waals surface area contributed by atoms with Gasteiger partial charge in [-0.15, -0.1) is 17.0 Å². The molecule has 0 radical (unpaired) electrons. The molecule has 0 fully saturated rings. The van der Waals surface area contributed by atoms with E-state index in [0.29, 0.717) is 5.57 Å². The molecule has 0 aromatic heterocycles. The lowest BCUT2D eigenvalue weighted by Crippen LogP contribution is -2.07. The van der Waals surface area contributed by atoms with Crippen LogP contribution < -0.4 is 0 Å². The minimum Gasteiger partial charge on any atom is -0.290 e. The van der Waals surface area contributed by atoms with Crippen LogP contribution in [0.5, 0.6) is 0 Å². The second kappa shape index (κ2) is 6.60. The number of hydrogen-bond acceptors (Lipinski definition) is 2. The highest BCUT2D eigenvalue weighted by Crippen LogP contribution is 2.35. The van der Waals surface area contributed by atoms with E-state index >= 15 is 0 Å². The fourth-order valence-electron chi connectivity index (χ4n) is 3.75. The first kappa shape index (κ1) is 17.4. The zero-order valence-electron chi connectivity index (χ0n) is 14.3. The average Bonchev–Trinajstić information content (AvgIpc) is 2.67. The average molecular weight is 415 g/mol. The quantitative estimate of drug-likeness (QED) is 0.223. The number of carbonyl (C=O) groups excluding carboxylic acids is 2. The van der Waals surface area contributed by atoms with Gasteiger partial charge in [0.2, 0.25) is 0 Å². The van der Waals surface area contributed by atoms with Gasteiger partial charge >= 0.3 is 0 Å². The SMILES string of the molecule is Br.O=C1C=CC(=O)C(c2cccc3ccc4cc5ccccc5cc4c23)=C1. The van der Waals surface area contributed by atoms with E-state index in [-0.39, 0.29) is 28.5 Å². The van der Waals surface area contributed by atoms with Crippen molar-refractivity contribution in [2.45, 2.75) is 0 Å². The molecule has 1 aliphatic carbocycles. The number of benzene rings is 4. The summed E-state index contributed by atoms with van der Waals surface area (Å²) in [5, 5.41) is 6.62. The molecule has 5 rings (SSSR count). The fraction of sp³-hybridized carbons (Fsp3) is 0. The van der Waals surface area contributed by atoms with E-state index < -0.39 is 0 Å². The second-order valence-corrected chi connectivity index (χ2v) is 6.55. The van der Waals surface area contributed by atoms with Crippen molar-refractivity contribution >= 4 is 66.4 Å². The van der Waals surface area contributed by atoms with Crippen molar-refractivity contribution in [3.63, 3.8) is 0 Å². The van der Waals surface area contributed by atoms with Crippen molar-refractivity contribution in [1.82, 2.24) is 0 Å². The summed E-state index contributed by atoms with van der Waals surface area (Å²) in [4.78, 5) is 24.3. The minimum absolute atomic E-state index is 0. The monoisotopic (exact) mass is 414 g/mol. The van der Waals surface area contributed by atoms with Crippen LogP contribution >= 0.6 is 17.0 Å². The minimum atomic E-state index is -0.151. The van der Waals surface area contributed by atoms with Gasteiger partial charge in [0, 0.05) is 5.57 Å². The molecule has 0 bridgehead atoms. The van der Waals surface area contributed by atoms with Crippen LogP contribution in [0.1, 0.15) is 5.56 Å². The third-order valence-electron chi connectivity index (χ3n) is 4.97. The van der Waals surface area contributed by atoms with Crippen molar-refractivity contribution in [3.8, 4) is 0 Å². The summed E-state index contributed by atoms with van der Waals surface area (Å²) in [6, 6.07) is 22.7. The Labute approximate surface area is 166 Å². The molecule has 0 atom stereocenters. The summed E-state index contributed by atoms with van der Waals surface area (Å²) >= 11 is 0. The van der Waals surface area contributed by atoms with Gasteiger partial charge in [-0.1, -0.05) is 54.6 Å². The molecule has 0 spiro atoms. The Morgan fingerprint density at radius 3 is 2.15 bits per heavy atom. The zero-order chi connectivity index (χ0) is 17.7. The van der Waals surface area contributed by atoms with E-state index in [1.165, 1.54) is 23.6 Å². The molecule has 0 unspecified atom stereocenters. The van der Waals surface area contributed by atoms with Crippen molar-refractivity contribution in [2.75, 3.05) is 0 Å². The third kappa shape index (κ3) is 2.81. The molecule has 0 heterocycles. The van der Waals surface area contributed by atoms with E-state index in [9.17, 15) is 9.59 Å². The van der Waals surface area contributed by atoms with E-state index in [1.54, 1.807) is 0 Å². The predicted molar refractivity (Wildman–Crippen MR) is 116 cm³/mol. The first-order valence-electron chi connectivity index (χ1n) is 8.53. The largest absolute Gasteiger partial charge is 0.290 e. The van der Waals surface area contributed by atoms with Crippen molar-refractivity contribution in [3.05, 3.63) is 90.5 Å². The summed E-state index contributed by atoms with van der Waals surface area (Å²) in [5.41, 5.74) is 1.27. The molecule has 130 valence electrons. The Morgan fingerprint density at radius 2 is 1.33 bits per heavy atom. The van der Waals surface area contributed by atoms with Crippen LogP contribution in [0.2, 0.25) is 0 Å². The lowest BCUT2D eigenvalue weighted by molar-refractivity contribution is -0.113. The van der Waals surface area contributed by atoms with Crippen LogP contribution in [0.3, 0.4) is 0 Å². The highest BCUT2D eigenvalue weighted by molar-refractivity contribution is 8.93. The molecule has 0 N–H and O–H groups in total. The van der Waals surface area contributed by atoms with Crippen LogP contribution in [0.25, 0.3) is 37.9 Å². The van der Waals surface area contributed by atoms with Gasteiger partial charge in [0.1, 0.15) is 0 Å². The number of carbonyl (C=O) groups is 2. The van der Waals surface area contributed by atoms with Crippen LogP contribution in [-0.2, 0) is 9.59 Å². The Balaban J connectivity index is 0.00000180. The predicted octanol–water partition coefficient (Wildman–Crippen LogP) is 5.82. The second-order valence-electron chi connectivity index (χ2n) is 6.55. The van der Waals surface area contributed by atoms with Gasteiger partial charge in [0.15, 0.2) is 11.6 Å². The van der Waals surface area contributed by atoms with Gasteiger partial charge in [0.25, 0.3) is 0 Å². The first-order valence-corrected chi connectivity index (χ1v) is 8.53. The van der Waals surface area contributed by atoms with Gasteiger partial charge in [0.05, 0.1) is 0 Å². The fourth-order valence-corrected chi connectivity index (χ4v) is 3.75. The molecule has 0 saturated carbocycles. The zero-order valence-corrected chi connectivity index (χ0v) is 16.0. The van der Waals surface area contributed by atoms with Gasteiger partial charge in [-0.05, 0) is 68.2 Å². The van der Waals surface area contributed by atoms with Gasteiger partial charge in [-0.25, -0.2) is 0 Å². The first-order chi connectivity index (χ1) is 12.7. The Morgan fingerprint density at radius 1 is 0.630 bits per heavy atom. The number of halogens is 1. The number of hydrogen-bond donors (Lipinski definition) is 0. The number of ketones is 2. The molecule has 0 amide bonds. The molecule has 4 aromatic rings. The van der Waals surface area contributed by atoms with E-state index in [2.05, 4.69) is 36.4 Å². The molecule has 4 aromatic carbocycles. The maximum absolute atomic E-state index is 12.4. The Kier molecular flexibility index (Phi) is 4.25. The van der Waals surface area contributed by atoms with Gasteiger partial charge < -0.3 is 0 Å². The highest BCUT2D eigenvalue weighted by atomic mass is 79.9. The van der Waals surface area contributed by atoms with E-state index in [4.69, 9.17) is 0 Å². The summed E-state index contributed by atoms with van der Waals surface area (Å²) in [6.45, 7) is 0. The number of allylic oxidation sites excluding steroid dienone is 4. The number of rotatable bonds is 1. The lowest BCUT2D eigenvalue weighted by Gasteiger charge is -2.13. The van der Waals surface area contributed by atoms with Crippen LogP contribution in [0, 0.1) is 0 Å². The van der Waals surface area contributed by atoms with Gasteiger partial charge in [-0.3, -0.25) is 9.59 Å². The third-order valence-corrected chi connectivity index (χ3v) is 4.97.